The van der Waals surface area contributed by atoms with E-state index >= 15 is 0 Å². The van der Waals surface area contributed by atoms with E-state index in [1.54, 1.807) is 61.5 Å². The van der Waals surface area contributed by atoms with Crippen LogP contribution in [0.5, 0.6) is 0 Å². The molecule has 41 heavy (non-hydrogen) atoms. The van der Waals surface area contributed by atoms with Crippen molar-refractivity contribution in [1.29, 1.82) is 0 Å². The first-order valence-electron chi connectivity index (χ1n) is 12.3. The minimum Gasteiger partial charge on any atom is -0.308 e. The fourth-order valence-corrected chi connectivity index (χ4v) is 4.17. The third-order valence-electron chi connectivity index (χ3n) is 6.09. The van der Waals surface area contributed by atoms with Crippen LogP contribution < -0.4 is 31.1 Å². The summed E-state index contributed by atoms with van der Waals surface area (Å²) in [7, 11) is 0. The summed E-state index contributed by atoms with van der Waals surface area (Å²) < 4.78 is 0. The second-order valence-corrected chi connectivity index (χ2v) is 8.98. The Bertz CT molecular complexity index is 1660. The molecule has 0 fully saturated rings. The first kappa shape index (κ1) is 26.6. The fraction of sp³-hybridized carbons (Fsp3) is 0.0345. The summed E-state index contributed by atoms with van der Waals surface area (Å²) in [4.78, 5) is 75.2. The van der Waals surface area contributed by atoms with Crippen LogP contribution >= 0.6 is 0 Å². The number of benzene rings is 3. The number of aryl methyl sites for hydroxylation is 1. The number of nitrogens with one attached hydrogen (secondary N) is 4. The lowest BCUT2D eigenvalue weighted by Crippen LogP contribution is -2.29. The van der Waals surface area contributed by atoms with Crippen molar-refractivity contribution in [3.05, 3.63) is 96.6 Å². The minimum absolute atomic E-state index is 0.316. The Kier molecular flexibility index (Phi) is 7.11. The molecule has 12 nitrogen and oxygen atoms in total. The van der Waals surface area contributed by atoms with E-state index < -0.39 is 35.7 Å². The van der Waals surface area contributed by atoms with Crippen molar-refractivity contribution in [3.8, 4) is 0 Å². The molecule has 2 aliphatic heterocycles. The van der Waals surface area contributed by atoms with Crippen LogP contribution in [0, 0.1) is 6.92 Å². The Morgan fingerprint density at radius 3 is 1.41 bits per heavy atom. The first-order valence-corrected chi connectivity index (χ1v) is 12.3. The summed E-state index contributed by atoms with van der Waals surface area (Å²) in [6.07, 6.45) is 4.69. The van der Waals surface area contributed by atoms with Gasteiger partial charge in [0.2, 0.25) is 0 Å². The predicted octanol–water partition coefficient (Wildman–Crippen LogP) is 4.14. The van der Waals surface area contributed by atoms with Gasteiger partial charge in [-0.25, -0.2) is 19.4 Å². The van der Waals surface area contributed by atoms with Gasteiger partial charge in [0, 0.05) is 47.1 Å². The van der Waals surface area contributed by atoms with Crippen molar-refractivity contribution in [2.75, 3.05) is 31.1 Å². The number of hydrogen-bond acceptors (Lipinski definition) is 6. The van der Waals surface area contributed by atoms with Gasteiger partial charge in [0.15, 0.2) is 0 Å². The number of carbonyl (C=O) groups is 6. The van der Waals surface area contributed by atoms with Crippen molar-refractivity contribution in [2.45, 2.75) is 6.92 Å². The highest BCUT2D eigenvalue weighted by atomic mass is 16.2. The standard InChI is InChI=1S/C29H22N6O6/c1-17-8-9-20(32-28(40)30-18-4-2-6-21(14-18)34-24(36)10-11-25(34)37)16-23(17)33-29(41)31-19-5-3-7-22(15-19)35-26(38)12-13-27(35)39/h2-16H,1H3,(H2,30,32,40)(H2,31,33,41). The quantitative estimate of drug-likeness (QED) is 0.338. The van der Waals surface area contributed by atoms with Crippen LogP contribution in [0.1, 0.15) is 5.56 Å². The van der Waals surface area contributed by atoms with Crippen molar-refractivity contribution in [2.24, 2.45) is 0 Å². The molecule has 204 valence electrons. The number of amides is 8. The predicted molar refractivity (Wildman–Crippen MR) is 153 cm³/mol. The largest absolute Gasteiger partial charge is 0.323 e. The van der Waals surface area contributed by atoms with Gasteiger partial charge in [-0.05, 0) is 61.0 Å². The van der Waals surface area contributed by atoms with Gasteiger partial charge >= 0.3 is 12.1 Å². The molecule has 0 radical (unpaired) electrons. The lowest BCUT2D eigenvalue weighted by atomic mass is 10.2. The number of imide groups is 2. The Labute approximate surface area is 233 Å². The van der Waals surface area contributed by atoms with Crippen LogP contribution in [-0.4, -0.2) is 35.7 Å². The zero-order chi connectivity index (χ0) is 29.1. The van der Waals surface area contributed by atoms with E-state index in [-0.39, 0.29) is 0 Å². The average Bonchev–Trinajstić information content (AvgIpc) is 3.45. The van der Waals surface area contributed by atoms with E-state index in [4.69, 9.17) is 0 Å². The summed E-state index contributed by atoms with van der Waals surface area (Å²) in [6.45, 7) is 1.78. The second kappa shape index (κ2) is 11.0. The molecular formula is C29H22N6O6. The van der Waals surface area contributed by atoms with Crippen LogP contribution in [-0.2, 0) is 19.2 Å². The highest BCUT2D eigenvalue weighted by Crippen LogP contribution is 2.25. The SMILES string of the molecule is Cc1ccc(NC(=O)Nc2cccc(N3C(=O)C=CC3=O)c2)cc1NC(=O)Nc1cccc(N2C(=O)C=CC2=O)c1. The molecule has 12 heteroatoms. The average molecular weight is 551 g/mol. The summed E-state index contributed by atoms with van der Waals surface area (Å²) in [5.74, 6) is -1.88. The molecule has 0 bridgehead atoms. The zero-order valence-electron chi connectivity index (χ0n) is 21.5. The molecule has 2 aliphatic rings. The van der Waals surface area contributed by atoms with E-state index in [0.717, 1.165) is 15.4 Å². The molecule has 0 aliphatic carbocycles. The Balaban J connectivity index is 1.21. The molecule has 4 N–H and O–H groups in total. The van der Waals surface area contributed by atoms with Crippen LogP contribution in [0.25, 0.3) is 0 Å². The number of urea groups is 2. The van der Waals surface area contributed by atoms with Crippen molar-refractivity contribution >= 4 is 69.8 Å². The van der Waals surface area contributed by atoms with Gasteiger partial charge in [-0.15, -0.1) is 0 Å². The van der Waals surface area contributed by atoms with E-state index in [1.165, 1.54) is 36.4 Å². The molecule has 8 amide bonds. The van der Waals surface area contributed by atoms with Crippen LogP contribution in [0.15, 0.2) is 91.0 Å². The van der Waals surface area contributed by atoms with Crippen molar-refractivity contribution in [3.63, 3.8) is 0 Å². The highest BCUT2D eigenvalue weighted by Gasteiger charge is 2.26. The second-order valence-electron chi connectivity index (χ2n) is 8.98. The molecular weight excluding hydrogens is 528 g/mol. The van der Waals surface area contributed by atoms with Crippen LogP contribution in [0.3, 0.4) is 0 Å². The molecule has 0 unspecified atom stereocenters. The molecule has 0 atom stereocenters. The third-order valence-corrected chi connectivity index (χ3v) is 6.09. The maximum Gasteiger partial charge on any atom is 0.323 e. The van der Waals surface area contributed by atoms with Crippen LogP contribution in [0.4, 0.5) is 43.7 Å². The lowest BCUT2D eigenvalue weighted by Gasteiger charge is -2.16. The molecule has 0 saturated carbocycles. The van der Waals surface area contributed by atoms with Gasteiger partial charge in [-0.3, -0.25) is 19.2 Å². The molecule has 5 rings (SSSR count). The smallest absolute Gasteiger partial charge is 0.308 e. The number of hydrogen-bond donors (Lipinski definition) is 4. The fourth-order valence-electron chi connectivity index (χ4n) is 4.17. The molecule has 0 aromatic heterocycles. The zero-order valence-corrected chi connectivity index (χ0v) is 21.5. The number of rotatable bonds is 6. The van der Waals surface area contributed by atoms with Gasteiger partial charge in [0.1, 0.15) is 0 Å². The van der Waals surface area contributed by atoms with Crippen LogP contribution in [0.2, 0.25) is 0 Å². The Morgan fingerprint density at radius 2 is 0.951 bits per heavy atom. The van der Waals surface area contributed by atoms with E-state index in [9.17, 15) is 28.8 Å². The summed E-state index contributed by atoms with van der Waals surface area (Å²) in [6, 6.07) is 16.3. The summed E-state index contributed by atoms with van der Waals surface area (Å²) in [5.41, 5.74) is 2.87. The molecule has 0 saturated heterocycles. The van der Waals surface area contributed by atoms with E-state index in [2.05, 4.69) is 21.3 Å². The molecule has 0 spiro atoms. The number of nitrogens with zero attached hydrogens (tertiary/aromatic N) is 2. The van der Waals surface area contributed by atoms with Gasteiger partial charge in [0.25, 0.3) is 23.6 Å². The normalized spacial score (nSPS) is 14.1. The van der Waals surface area contributed by atoms with Gasteiger partial charge in [-0.2, -0.15) is 0 Å². The summed E-state index contributed by atoms with van der Waals surface area (Å²) >= 11 is 0. The van der Waals surface area contributed by atoms with Gasteiger partial charge < -0.3 is 21.3 Å². The monoisotopic (exact) mass is 550 g/mol. The van der Waals surface area contributed by atoms with Crippen molar-refractivity contribution < 1.29 is 28.8 Å². The maximum atomic E-state index is 12.7. The van der Waals surface area contributed by atoms with E-state index in [0.29, 0.717) is 34.1 Å². The molecule has 3 aromatic rings. The Hall–Kier alpha value is -6.04. The highest BCUT2D eigenvalue weighted by molar-refractivity contribution is 6.29. The van der Waals surface area contributed by atoms with Gasteiger partial charge in [0.05, 0.1) is 11.4 Å². The lowest BCUT2D eigenvalue weighted by molar-refractivity contribution is -0.121. The summed E-state index contributed by atoms with van der Waals surface area (Å²) in [5, 5.41) is 10.7. The topological polar surface area (TPSA) is 157 Å². The molecule has 3 aromatic carbocycles. The number of carbonyl (C=O) groups excluding carboxylic acids is 6. The first-order chi connectivity index (χ1) is 19.7. The Morgan fingerprint density at radius 1 is 0.537 bits per heavy atom. The number of anilines is 6. The van der Waals surface area contributed by atoms with Crippen molar-refractivity contribution in [1.82, 2.24) is 0 Å². The minimum atomic E-state index is -0.587. The third kappa shape index (κ3) is 5.86. The van der Waals surface area contributed by atoms with Gasteiger partial charge in [-0.1, -0.05) is 18.2 Å². The molecule has 2 heterocycles. The maximum absolute atomic E-state index is 12.7. The van der Waals surface area contributed by atoms with E-state index in [1.807, 2.05) is 0 Å².